The molecule has 0 saturated heterocycles. The van der Waals surface area contributed by atoms with Crippen molar-refractivity contribution in [2.45, 2.75) is 25.1 Å². The fourth-order valence-corrected chi connectivity index (χ4v) is 3.22. The minimum absolute atomic E-state index is 0.0206. The van der Waals surface area contributed by atoms with Gasteiger partial charge in [-0.1, -0.05) is 12.1 Å². The van der Waals surface area contributed by atoms with E-state index in [1.54, 1.807) is 24.2 Å². The smallest absolute Gasteiger partial charge is 0.230 e. The predicted octanol–water partition coefficient (Wildman–Crippen LogP) is 3.63. The number of aromatic nitrogens is 3. The Morgan fingerprint density at radius 1 is 1.21 bits per heavy atom. The maximum atomic E-state index is 12.2. The lowest BCUT2D eigenvalue weighted by Crippen LogP contribution is -2.28. The Morgan fingerprint density at radius 3 is 2.71 bits per heavy atom. The second-order valence-corrected chi connectivity index (χ2v) is 6.99. The molecule has 0 bridgehead atoms. The number of hydrogen-bond donors (Lipinski definition) is 2. The van der Waals surface area contributed by atoms with Crippen LogP contribution in [0.25, 0.3) is 11.0 Å². The standard InChI is InChI=1S/C18H20N4OS/c1-12(14-7-9-19-10-8-14)20-17(23)11-24-13(2)18-21-15-5-3-4-6-16(15)22-18/h3-10,12-13H,11H2,1-2H3,(H,20,23)(H,21,22). The minimum Gasteiger partial charge on any atom is -0.349 e. The van der Waals surface area contributed by atoms with Crippen LogP contribution in [0.1, 0.15) is 36.5 Å². The summed E-state index contributed by atoms with van der Waals surface area (Å²) in [4.78, 5) is 24.0. The summed E-state index contributed by atoms with van der Waals surface area (Å²) in [6.07, 6.45) is 3.47. The molecular weight excluding hydrogens is 320 g/mol. The number of carbonyl (C=O) groups excluding carboxylic acids is 1. The molecule has 3 aromatic rings. The van der Waals surface area contributed by atoms with Crippen molar-refractivity contribution in [3.8, 4) is 0 Å². The fraction of sp³-hybridized carbons (Fsp3) is 0.278. The molecule has 2 heterocycles. The van der Waals surface area contributed by atoms with Gasteiger partial charge in [0.1, 0.15) is 5.82 Å². The first-order chi connectivity index (χ1) is 11.6. The van der Waals surface area contributed by atoms with E-state index in [0.717, 1.165) is 22.4 Å². The van der Waals surface area contributed by atoms with Crippen LogP contribution in [0.15, 0.2) is 48.8 Å². The zero-order chi connectivity index (χ0) is 16.9. The van der Waals surface area contributed by atoms with Gasteiger partial charge < -0.3 is 10.3 Å². The number of fused-ring (bicyclic) bond motifs is 1. The Bertz CT molecular complexity index is 785. The van der Waals surface area contributed by atoms with E-state index in [9.17, 15) is 4.79 Å². The lowest BCUT2D eigenvalue weighted by atomic mass is 10.1. The van der Waals surface area contributed by atoms with Crippen molar-refractivity contribution >= 4 is 28.7 Å². The van der Waals surface area contributed by atoms with Crippen molar-refractivity contribution in [2.75, 3.05) is 5.75 Å². The lowest BCUT2D eigenvalue weighted by molar-refractivity contribution is -0.119. The number of nitrogens with zero attached hydrogens (tertiary/aromatic N) is 2. The molecule has 2 unspecified atom stereocenters. The molecular formula is C18H20N4OS. The van der Waals surface area contributed by atoms with Gasteiger partial charge in [-0.2, -0.15) is 0 Å². The van der Waals surface area contributed by atoms with Crippen LogP contribution in [-0.4, -0.2) is 26.6 Å². The van der Waals surface area contributed by atoms with E-state index >= 15 is 0 Å². The molecule has 5 nitrogen and oxygen atoms in total. The third-order valence-corrected chi connectivity index (χ3v) is 4.99. The Hall–Kier alpha value is -2.34. The third kappa shape index (κ3) is 3.94. The number of rotatable bonds is 6. The summed E-state index contributed by atoms with van der Waals surface area (Å²) in [5.74, 6) is 1.32. The number of benzene rings is 1. The second kappa shape index (κ2) is 7.49. The molecule has 2 atom stereocenters. The van der Waals surface area contributed by atoms with E-state index in [1.165, 1.54) is 0 Å². The highest BCUT2D eigenvalue weighted by atomic mass is 32.2. The average Bonchev–Trinajstić information content (AvgIpc) is 3.04. The molecule has 0 radical (unpaired) electrons. The fourth-order valence-electron chi connectivity index (χ4n) is 2.46. The van der Waals surface area contributed by atoms with Crippen LogP contribution in [0.4, 0.5) is 0 Å². The number of hydrogen-bond acceptors (Lipinski definition) is 4. The average molecular weight is 340 g/mol. The summed E-state index contributed by atoms with van der Waals surface area (Å²) in [6, 6.07) is 11.7. The van der Waals surface area contributed by atoms with E-state index < -0.39 is 0 Å². The van der Waals surface area contributed by atoms with E-state index in [0.29, 0.717) is 5.75 Å². The molecule has 3 rings (SSSR count). The number of pyridine rings is 1. The Morgan fingerprint density at radius 2 is 1.96 bits per heavy atom. The van der Waals surface area contributed by atoms with Gasteiger partial charge in [0.2, 0.25) is 5.91 Å². The zero-order valence-corrected chi connectivity index (χ0v) is 14.5. The SMILES string of the molecule is CC(NC(=O)CSC(C)c1nc2ccccc2[nH]1)c1ccncc1. The molecule has 0 spiro atoms. The molecule has 24 heavy (non-hydrogen) atoms. The summed E-state index contributed by atoms with van der Waals surface area (Å²) in [5.41, 5.74) is 3.03. The van der Waals surface area contributed by atoms with Gasteiger partial charge in [0.05, 0.1) is 28.1 Å². The Kier molecular flexibility index (Phi) is 5.15. The quantitative estimate of drug-likeness (QED) is 0.719. The van der Waals surface area contributed by atoms with Crippen LogP contribution in [0.2, 0.25) is 0 Å². The summed E-state index contributed by atoms with van der Waals surface area (Å²) >= 11 is 1.57. The van der Waals surface area contributed by atoms with Crippen molar-refractivity contribution in [3.63, 3.8) is 0 Å². The van der Waals surface area contributed by atoms with E-state index in [2.05, 4.69) is 27.2 Å². The van der Waals surface area contributed by atoms with Crippen molar-refractivity contribution in [1.82, 2.24) is 20.3 Å². The molecule has 6 heteroatoms. The van der Waals surface area contributed by atoms with Gasteiger partial charge in [-0.15, -0.1) is 11.8 Å². The van der Waals surface area contributed by atoms with Crippen LogP contribution in [0, 0.1) is 0 Å². The van der Waals surface area contributed by atoms with Crippen molar-refractivity contribution < 1.29 is 4.79 Å². The maximum Gasteiger partial charge on any atom is 0.230 e. The van der Waals surface area contributed by atoms with Gasteiger partial charge in [0, 0.05) is 12.4 Å². The van der Waals surface area contributed by atoms with Gasteiger partial charge in [-0.05, 0) is 43.7 Å². The molecule has 0 saturated carbocycles. The van der Waals surface area contributed by atoms with Crippen LogP contribution in [-0.2, 0) is 4.79 Å². The lowest BCUT2D eigenvalue weighted by Gasteiger charge is -2.15. The Balaban J connectivity index is 1.54. The first-order valence-corrected chi connectivity index (χ1v) is 8.94. The number of nitrogens with one attached hydrogen (secondary N) is 2. The van der Waals surface area contributed by atoms with Gasteiger partial charge >= 0.3 is 0 Å². The van der Waals surface area contributed by atoms with E-state index in [1.807, 2.05) is 43.3 Å². The highest BCUT2D eigenvalue weighted by Crippen LogP contribution is 2.27. The van der Waals surface area contributed by atoms with Crippen molar-refractivity contribution in [1.29, 1.82) is 0 Å². The number of thioether (sulfide) groups is 1. The number of imidazole rings is 1. The number of aromatic amines is 1. The molecule has 2 N–H and O–H groups in total. The van der Waals surface area contributed by atoms with Crippen molar-refractivity contribution in [3.05, 3.63) is 60.2 Å². The predicted molar refractivity (Wildman–Crippen MR) is 97.8 cm³/mol. The van der Waals surface area contributed by atoms with Gasteiger partial charge in [0.25, 0.3) is 0 Å². The number of para-hydroxylation sites is 2. The number of H-pyrrole nitrogens is 1. The minimum atomic E-state index is -0.0254. The van der Waals surface area contributed by atoms with Gasteiger partial charge in [-0.3, -0.25) is 9.78 Å². The van der Waals surface area contributed by atoms with Crippen LogP contribution in [0.3, 0.4) is 0 Å². The van der Waals surface area contributed by atoms with E-state index in [-0.39, 0.29) is 17.2 Å². The Labute approximate surface area is 145 Å². The van der Waals surface area contributed by atoms with Crippen molar-refractivity contribution in [2.24, 2.45) is 0 Å². The summed E-state index contributed by atoms with van der Waals surface area (Å²) in [6.45, 7) is 4.03. The zero-order valence-electron chi connectivity index (χ0n) is 13.7. The third-order valence-electron chi connectivity index (χ3n) is 3.84. The molecule has 0 aliphatic rings. The topological polar surface area (TPSA) is 70.7 Å². The monoisotopic (exact) mass is 340 g/mol. The molecule has 124 valence electrons. The largest absolute Gasteiger partial charge is 0.349 e. The molecule has 1 amide bonds. The van der Waals surface area contributed by atoms with Gasteiger partial charge in [0.15, 0.2) is 0 Å². The van der Waals surface area contributed by atoms with Crippen LogP contribution >= 0.6 is 11.8 Å². The number of amides is 1. The molecule has 1 aromatic carbocycles. The first-order valence-electron chi connectivity index (χ1n) is 7.89. The maximum absolute atomic E-state index is 12.2. The highest BCUT2D eigenvalue weighted by molar-refractivity contribution is 8.00. The number of carbonyl (C=O) groups is 1. The molecule has 0 aliphatic carbocycles. The molecule has 2 aromatic heterocycles. The highest BCUT2D eigenvalue weighted by Gasteiger charge is 2.15. The summed E-state index contributed by atoms with van der Waals surface area (Å²) in [5, 5.41) is 3.14. The first kappa shape index (κ1) is 16.5. The van der Waals surface area contributed by atoms with E-state index in [4.69, 9.17) is 0 Å². The summed E-state index contributed by atoms with van der Waals surface area (Å²) < 4.78 is 0. The second-order valence-electron chi connectivity index (χ2n) is 5.66. The van der Waals surface area contributed by atoms with Crippen LogP contribution in [0.5, 0.6) is 0 Å². The molecule has 0 aliphatic heterocycles. The molecule has 0 fully saturated rings. The normalized spacial score (nSPS) is 13.6. The van der Waals surface area contributed by atoms with Crippen LogP contribution < -0.4 is 5.32 Å². The van der Waals surface area contributed by atoms with Gasteiger partial charge in [-0.25, -0.2) is 4.98 Å². The summed E-state index contributed by atoms with van der Waals surface area (Å²) in [7, 11) is 0.